The smallest absolute Gasteiger partial charge is 0.261 e. The monoisotopic (exact) mass is 348 g/mol. The summed E-state index contributed by atoms with van der Waals surface area (Å²) >= 11 is 5.96. The lowest BCUT2D eigenvalue weighted by atomic mass is 10.2. The molecule has 8 heteroatoms. The largest absolute Gasteiger partial charge is 0.289 e. The van der Waals surface area contributed by atoms with Crippen molar-refractivity contribution in [2.75, 3.05) is 5.32 Å². The number of aromatic nitrogens is 3. The third kappa shape index (κ3) is 3.57. The Bertz CT molecular complexity index is 897. The van der Waals surface area contributed by atoms with Crippen molar-refractivity contribution in [2.24, 2.45) is 0 Å². The van der Waals surface area contributed by atoms with E-state index in [1.165, 1.54) is 47.4 Å². The van der Waals surface area contributed by atoms with Crippen LogP contribution < -0.4 is 5.32 Å². The van der Waals surface area contributed by atoms with E-state index in [1.54, 1.807) is 6.07 Å². The predicted molar refractivity (Wildman–Crippen MR) is 84.9 cm³/mol. The van der Waals surface area contributed by atoms with Crippen LogP contribution in [0.3, 0.4) is 0 Å². The average molecular weight is 349 g/mol. The molecule has 1 heterocycles. The third-order valence-corrected chi connectivity index (χ3v) is 3.58. The van der Waals surface area contributed by atoms with Crippen LogP contribution in [0.15, 0.2) is 48.8 Å². The molecule has 1 amide bonds. The van der Waals surface area contributed by atoms with Gasteiger partial charge in [0.05, 0.1) is 12.1 Å². The Hall–Kier alpha value is -2.80. The molecule has 5 nitrogen and oxygen atoms in total. The average Bonchev–Trinajstić information content (AvgIpc) is 2.97. The molecule has 0 saturated heterocycles. The molecular weight excluding hydrogens is 338 g/mol. The second-order valence-electron chi connectivity index (χ2n) is 4.94. The molecule has 0 aliphatic rings. The zero-order valence-electron chi connectivity index (χ0n) is 12.2. The van der Waals surface area contributed by atoms with Crippen LogP contribution in [0.2, 0.25) is 5.02 Å². The quantitative estimate of drug-likeness (QED) is 0.785. The van der Waals surface area contributed by atoms with Gasteiger partial charge in [-0.15, -0.1) is 5.10 Å². The molecule has 3 rings (SSSR count). The molecule has 1 N–H and O–H groups in total. The first-order valence-electron chi connectivity index (χ1n) is 6.92. The van der Waals surface area contributed by atoms with Gasteiger partial charge in [-0.2, -0.15) is 0 Å². The highest BCUT2D eigenvalue weighted by atomic mass is 35.5. The fraction of sp³-hybridized carbons (Fsp3) is 0.0625. The van der Waals surface area contributed by atoms with E-state index >= 15 is 0 Å². The van der Waals surface area contributed by atoms with E-state index in [4.69, 9.17) is 11.6 Å². The molecule has 0 saturated carbocycles. The molecule has 1 aromatic heterocycles. The molecule has 2 aromatic carbocycles. The van der Waals surface area contributed by atoms with Crippen molar-refractivity contribution in [3.8, 4) is 0 Å². The standard InChI is InChI=1S/C16H11ClF2N4O/c17-13-7-11(18)6-5-10(13)8-23-9-20-16(22-23)21-15(24)12-3-1-2-4-14(12)19/h1-7,9H,8H2,(H,21,22,24). The minimum atomic E-state index is -0.648. The number of halogens is 3. The maximum absolute atomic E-state index is 13.6. The van der Waals surface area contributed by atoms with E-state index < -0.39 is 17.5 Å². The number of carbonyl (C=O) groups excluding carboxylic acids is 1. The van der Waals surface area contributed by atoms with Gasteiger partial charge in [0.1, 0.15) is 18.0 Å². The lowest BCUT2D eigenvalue weighted by Gasteiger charge is -2.04. The second-order valence-corrected chi connectivity index (χ2v) is 5.34. The van der Waals surface area contributed by atoms with Crippen molar-refractivity contribution < 1.29 is 13.6 Å². The Morgan fingerprint density at radius 1 is 1.21 bits per heavy atom. The number of rotatable bonds is 4. The number of carbonyl (C=O) groups is 1. The number of hydrogen-bond acceptors (Lipinski definition) is 3. The molecule has 122 valence electrons. The molecule has 3 aromatic rings. The van der Waals surface area contributed by atoms with E-state index in [1.807, 2.05) is 0 Å². The van der Waals surface area contributed by atoms with Crippen LogP contribution in [0.4, 0.5) is 14.7 Å². The SMILES string of the molecule is O=C(Nc1ncn(Cc2ccc(F)cc2Cl)n1)c1ccccc1F. The number of anilines is 1. The van der Waals surface area contributed by atoms with Gasteiger partial charge < -0.3 is 0 Å². The molecule has 0 aliphatic heterocycles. The Morgan fingerprint density at radius 2 is 2.00 bits per heavy atom. The maximum Gasteiger partial charge on any atom is 0.261 e. The van der Waals surface area contributed by atoms with Crippen LogP contribution in [-0.4, -0.2) is 20.7 Å². The van der Waals surface area contributed by atoms with Crippen LogP contribution >= 0.6 is 11.6 Å². The van der Waals surface area contributed by atoms with Crippen LogP contribution in [0, 0.1) is 11.6 Å². The maximum atomic E-state index is 13.6. The molecule has 0 spiro atoms. The van der Waals surface area contributed by atoms with Crippen LogP contribution in [0.5, 0.6) is 0 Å². The second kappa shape index (κ2) is 6.76. The number of benzene rings is 2. The molecule has 24 heavy (non-hydrogen) atoms. The Balaban J connectivity index is 1.72. The van der Waals surface area contributed by atoms with Gasteiger partial charge in [-0.25, -0.2) is 18.4 Å². The highest BCUT2D eigenvalue weighted by molar-refractivity contribution is 6.31. The van der Waals surface area contributed by atoms with Gasteiger partial charge in [-0.05, 0) is 29.8 Å². The topological polar surface area (TPSA) is 59.8 Å². The zero-order valence-corrected chi connectivity index (χ0v) is 13.0. The fourth-order valence-corrected chi connectivity index (χ4v) is 2.29. The van der Waals surface area contributed by atoms with E-state index in [9.17, 15) is 13.6 Å². The van der Waals surface area contributed by atoms with Crippen LogP contribution in [0.1, 0.15) is 15.9 Å². The van der Waals surface area contributed by atoms with Crippen molar-refractivity contribution in [2.45, 2.75) is 6.54 Å². The lowest BCUT2D eigenvalue weighted by Crippen LogP contribution is -2.15. The summed E-state index contributed by atoms with van der Waals surface area (Å²) in [5.41, 5.74) is 0.547. The van der Waals surface area contributed by atoms with Gasteiger partial charge in [0.2, 0.25) is 5.95 Å². The van der Waals surface area contributed by atoms with E-state index in [2.05, 4.69) is 15.4 Å². The summed E-state index contributed by atoms with van der Waals surface area (Å²) in [5.74, 6) is -1.68. The van der Waals surface area contributed by atoms with Gasteiger partial charge in [-0.3, -0.25) is 10.1 Å². The first kappa shape index (κ1) is 16.1. The first-order valence-corrected chi connectivity index (χ1v) is 7.30. The summed E-state index contributed by atoms with van der Waals surface area (Å²) in [6, 6.07) is 9.63. The van der Waals surface area contributed by atoms with E-state index in [0.717, 1.165) is 0 Å². The zero-order chi connectivity index (χ0) is 17.1. The van der Waals surface area contributed by atoms with Gasteiger partial charge in [-0.1, -0.05) is 29.8 Å². The highest BCUT2D eigenvalue weighted by Crippen LogP contribution is 2.18. The van der Waals surface area contributed by atoms with Crippen molar-refractivity contribution in [1.82, 2.24) is 14.8 Å². The van der Waals surface area contributed by atoms with Crippen molar-refractivity contribution in [3.05, 3.63) is 76.6 Å². The molecule has 0 atom stereocenters. The molecular formula is C16H11ClF2N4O. The van der Waals surface area contributed by atoms with Gasteiger partial charge in [0.25, 0.3) is 5.91 Å². The van der Waals surface area contributed by atoms with E-state index in [-0.39, 0.29) is 23.1 Å². The van der Waals surface area contributed by atoms with Crippen molar-refractivity contribution >= 4 is 23.5 Å². The number of nitrogens with zero attached hydrogens (tertiary/aromatic N) is 3. The Morgan fingerprint density at radius 3 is 2.75 bits per heavy atom. The summed E-state index contributed by atoms with van der Waals surface area (Å²) in [6.07, 6.45) is 1.39. The summed E-state index contributed by atoms with van der Waals surface area (Å²) in [5, 5.41) is 6.74. The van der Waals surface area contributed by atoms with Gasteiger partial charge in [0.15, 0.2) is 0 Å². The minimum absolute atomic E-state index is 0.0292. The summed E-state index contributed by atoms with van der Waals surface area (Å²) < 4.78 is 28.0. The molecule has 0 fully saturated rings. The summed E-state index contributed by atoms with van der Waals surface area (Å²) in [4.78, 5) is 15.9. The predicted octanol–water partition coefficient (Wildman–Crippen LogP) is 3.51. The van der Waals surface area contributed by atoms with Gasteiger partial charge in [0, 0.05) is 5.02 Å². The minimum Gasteiger partial charge on any atom is -0.289 e. The third-order valence-electron chi connectivity index (χ3n) is 3.23. The fourth-order valence-electron chi connectivity index (χ4n) is 2.07. The van der Waals surface area contributed by atoms with Crippen molar-refractivity contribution in [3.63, 3.8) is 0 Å². The van der Waals surface area contributed by atoms with Crippen LogP contribution in [0.25, 0.3) is 0 Å². The molecule has 0 aliphatic carbocycles. The molecule has 0 unspecified atom stereocenters. The number of hydrogen-bond donors (Lipinski definition) is 1. The van der Waals surface area contributed by atoms with Crippen LogP contribution in [-0.2, 0) is 6.54 Å². The summed E-state index contributed by atoms with van der Waals surface area (Å²) in [6.45, 7) is 0.252. The van der Waals surface area contributed by atoms with Gasteiger partial charge >= 0.3 is 0 Å². The number of nitrogens with one attached hydrogen (secondary N) is 1. The lowest BCUT2D eigenvalue weighted by molar-refractivity contribution is 0.102. The van der Waals surface area contributed by atoms with Crippen molar-refractivity contribution in [1.29, 1.82) is 0 Å². The molecule has 0 bridgehead atoms. The highest BCUT2D eigenvalue weighted by Gasteiger charge is 2.13. The summed E-state index contributed by atoms with van der Waals surface area (Å²) in [7, 11) is 0. The van der Waals surface area contributed by atoms with E-state index in [0.29, 0.717) is 5.56 Å². The normalized spacial score (nSPS) is 10.6. The Labute approximate surface area is 140 Å². The molecule has 0 radical (unpaired) electrons. The first-order chi connectivity index (χ1) is 11.5. The Kier molecular flexibility index (Phi) is 4.52. The number of amides is 1.